The molecule has 0 saturated heterocycles. The van der Waals surface area contributed by atoms with Crippen LogP contribution in [0, 0.1) is 0 Å². The highest BCUT2D eigenvalue weighted by molar-refractivity contribution is 5.94. The van der Waals surface area contributed by atoms with Crippen LogP contribution in [-0.4, -0.2) is 145 Å². The molecule has 61 heavy (non-hydrogen) atoms. The summed E-state index contributed by atoms with van der Waals surface area (Å²) in [4.78, 5) is 58.5. The number of carboxylic acids is 3. The third-order valence-corrected chi connectivity index (χ3v) is 8.98. The van der Waals surface area contributed by atoms with Gasteiger partial charge in [-0.2, -0.15) is 0 Å². The average molecular weight is 861 g/mol. The third kappa shape index (κ3) is 24.3. The Hall–Kier alpha value is -5.57. The van der Waals surface area contributed by atoms with E-state index in [1.54, 1.807) is 23.9 Å². The number of nitrogens with one attached hydrogen (secondary N) is 5. The zero-order chi connectivity index (χ0) is 44.7. The Morgan fingerprint density at radius 3 is 1.92 bits per heavy atom. The van der Waals surface area contributed by atoms with Gasteiger partial charge < -0.3 is 60.9 Å². The Bertz CT molecular complexity index is 1640. The smallest absolute Gasteiger partial charge is 0.326 e. The summed E-state index contributed by atoms with van der Waals surface area (Å²) in [6.45, 7) is 13.7. The number of benzene rings is 1. The van der Waals surface area contributed by atoms with Crippen molar-refractivity contribution in [3.05, 3.63) is 66.1 Å². The third-order valence-electron chi connectivity index (χ3n) is 8.98. The molecule has 2 aromatic rings. The first-order valence-electron chi connectivity index (χ1n) is 20.5. The SMILES string of the molecule is C=C(COC)NCCOCCOCCOCCNC(=C)c1ccc(C(=O)NCCCCCCc2cn(CCCC[C@H](NC(=O)N[C@@H](CCC(=O)O)C(=O)O)C(=O)O)nn2)cc1. The number of aromatic nitrogens is 3. The van der Waals surface area contributed by atoms with E-state index >= 15 is 0 Å². The molecule has 0 unspecified atom stereocenters. The first-order valence-corrected chi connectivity index (χ1v) is 20.5. The van der Waals surface area contributed by atoms with Gasteiger partial charge in [0.05, 0.1) is 51.9 Å². The minimum atomic E-state index is -1.47. The van der Waals surface area contributed by atoms with Crippen LogP contribution in [0.2, 0.25) is 0 Å². The maximum absolute atomic E-state index is 12.6. The maximum atomic E-state index is 12.6. The van der Waals surface area contributed by atoms with E-state index in [1.165, 1.54) is 0 Å². The van der Waals surface area contributed by atoms with E-state index in [9.17, 15) is 34.2 Å². The molecule has 0 aliphatic rings. The number of carbonyl (C=O) groups is 5. The zero-order valence-corrected chi connectivity index (χ0v) is 35.2. The number of methoxy groups -OCH3 is 1. The molecule has 0 aliphatic carbocycles. The monoisotopic (exact) mass is 860 g/mol. The molecule has 0 bridgehead atoms. The van der Waals surface area contributed by atoms with E-state index in [0.29, 0.717) is 90.8 Å². The summed E-state index contributed by atoms with van der Waals surface area (Å²) in [5.41, 5.74) is 3.84. The number of hydrogen-bond acceptors (Lipinski definition) is 13. The van der Waals surface area contributed by atoms with Gasteiger partial charge in [-0.25, -0.2) is 14.4 Å². The number of aryl methyl sites for hydroxylation is 2. The summed E-state index contributed by atoms with van der Waals surface area (Å²) >= 11 is 0. The van der Waals surface area contributed by atoms with E-state index in [4.69, 9.17) is 24.1 Å². The van der Waals surface area contributed by atoms with Gasteiger partial charge in [0.15, 0.2) is 0 Å². The Kier molecular flexibility index (Phi) is 26.5. The maximum Gasteiger partial charge on any atom is 0.326 e. The molecule has 0 spiro atoms. The van der Waals surface area contributed by atoms with Crippen molar-refractivity contribution in [2.75, 3.05) is 73.0 Å². The van der Waals surface area contributed by atoms with Crippen molar-refractivity contribution in [2.45, 2.75) is 82.8 Å². The summed E-state index contributed by atoms with van der Waals surface area (Å²) < 4.78 is 23.3. The summed E-state index contributed by atoms with van der Waals surface area (Å²) in [5.74, 6) is -4.05. The molecule has 20 heteroatoms. The van der Waals surface area contributed by atoms with Crippen LogP contribution >= 0.6 is 0 Å². The summed E-state index contributed by atoms with van der Waals surface area (Å²) in [7, 11) is 1.62. The number of aliphatic carboxylic acids is 3. The predicted molar refractivity (Wildman–Crippen MR) is 225 cm³/mol. The van der Waals surface area contributed by atoms with Gasteiger partial charge in [-0.3, -0.25) is 14.3 Å². The number of carbonyl (C=O) groups excluding carboxylic acids is 2. The molecule has 1 aromatic heterocycles. The van der Waals surface area contributed by atoms with Crippen LogP contribution in [0.15, 0.2) is 49.3 Å². The van der Waals surface area contributed by atoms with E-state index in [0.717, 1.165) is 54.8 Å². The molecule has 2 rings (SSSR count). The first kappa shape index (κ1) is 51.6. The molecule has 0 aliphatic heterocycles. The van der Waals surface area contributed by atoms with Crippen LogP contribution in [0.3, 0.4) is 0 Å². The fourth-order valence-electron chi connectivity index (χ4n) is 5.68. The van der Waals surface area contributed by atoms with Crippen molar-refractivity contribution in [3.8, 4) is 0 Å². The van der Waals surface area contributed by atoms with Crippen LogP contribution in [0.5, 0.6) is 0 Å². The predicted octanol–water partition coefficient (Wildman–Crippen LogP) is 2.41. The Morgan fingerprint density at radius 2 is 1.30 bits per heavy atom. The molecule has 20 nitrogen and oxygen atoms in total. The fraction of sp³-hybridized carbons (Fsp3) is 0.585. The van der Waals surface area contributed by atoms with Gasteiger partial charge >= 0.3 is 23.9 Å². The molecule has 0 fully saturated rings. The van der Waals surface area contributed by atoms with Gasteiger partial charge in [0.2, 0.25) is 0 Å². The van der Waals surface area contributed by atoms with E-state index in [1.807, 2.05) is 18.3 Å². The number of nitrogens with zero attached hydrogens (tertiary/aromatic N) is 3. The largest absolute Gasteiger partial charge is 0.481 e. The van der Waals surface area contributed by atoms with Crippen LogP contribution in [0.1, 0.15) is 79.4 Å². The molecular weight excluding hydrogens is 796 g/mol. The number of urea groups is 1. The average Bonchev–Trinajstić information content (AvgIpc) is 3.68. The number of hydrogen-bond donors (Lipinski definition) is 8. The van der Waals surface area contributed by atoms with Gasteiger partial charge in [0.1, 0.15) is 12.1 Å². The van der Waals surface area contributed by atoms with Crippen molar-refractivity contribution < 1.29 is 58.2 Å². The Morgan fingerprint density at radius 1 is 0.705 bits per heavy atom. The van der Waals surface area contributed by atoms with Crippen molar-refractivity contribution in [2.24, 2.45) is 0 Å². The minimum Gasteiger partial charge on any atom is -0.481 e. The van der Waals surface area contributed by atoms with E-state index in [-0.39, 0.29) is 18.7 Å². The number of rotatable bonds is 37. The van der Waals surface area contributed by atoms with Crippen LogP contribution in [0.4, 0.5) is 4.79 Å². The van der Waals surface area contributed by atoms with Crippen molar-refractivity contribution in [1.82, 2.24) is 41.6 Å². The molecule has 0 saturated carbocycles. The summed E-state index contributed by atoms with van der Waals surface area (Å²) in [5, 5.41) is 49.4. The topological polar surface area (TPSA) is 274 Å². The van der Waals surface area contributed by atoms with Crippen LogP contribution in [0.25, 0.3) is 5.70 Å². The van der Waals surface area contributed by atoms with E-state index in [2.05, 4.69) is 50.1 Å². The fourth-order valence-corrected chi connectivity index (χ4v) is 5.68. The number of ether oxygens (including phenoxy) is 4. The van der Waals surface area contributed by atoms with Crippen molar-refractivity contribution in [3.63, 3.8) is 0 Å². The van der Waals surface area contributed by atoms with Crippen molar-refractivity contribution in [1.29, 1.82) is 0 Å². The zero-order valence-electron chi connectivity index (χ0n) is 35.2. The quantitative estimate of drug-likeness (QED) is 0.0453. The lowest BCUT2D eigenvalue weighted by Gasteiger charge is -2.18. The number of unbranched alkanes of at least 4 members (excludes halogenated alkanes) is 4. The molecule has 3 amide bonds. The molecule has 0 radical (unpaired) electrons. The second-order valence-electron chi connectivity index (χ2n) is 14.0. The highest BCUT2D eigenvalue weighted by atomic mass is 16.5. The minimum absolute atomic E-state index is 0.0963. The van der Waals surface area contributed by atoms with Gasteiger partial charge in [-0.05, 0) is 62.6 Å². The molecule has 1 heterocycles. The second-order valence-corrected chi connectivity index (χ2v) is 14.0. The summed E-state index contributed by atoms with van der Waals surface area (Å²) in [6, 6.07) is 3.54. The van der Waals surface area contributed by atoms with Crippen LogP contribution < -0.4 is 26.6 Å². The lowest BCUT2D eigenvalue weighted by Crippen LogP contribution is -2.51. The highest BCUT2D eigenvalue weighted by Gasteiger charge is 2.24. The second kappa shape index (κ2) is 31.3. The standard InChI is InChI=1S/C41H64N8O12/c1-30(29-58-3)42-19-22-59-24-26-61-27-25-60-23-20-43-31(2)32-12-14-33(15-13-32)38(52)44-18-8-5-4-6-10-34-28-49(48-47-34)21-9-7-11-35(39(53)54)45-41(57)46-36(40(55)56)16-17-37(50)51/h12-15,28,35-36,42-43H,1-2,4-11,16-27,29H2,3H3,(H,44,52)(H,50,51)(H,53,54)(H,55,56)(H2,45,46,57)/t35-,36-/m0/s1. The van der Waals surface area contributed by atoms with E-state index < -0.39 is 42.4 Å². The van der Waals surface area contributed by atoms with Gasteiger partial charge in [-0.1, -0.05) is 43.3 Å². The number of amides is 3. The lowest BCUT2D eigenvalue weighted by molar-refractivity contribution is -0.140. The van der Waals surface area contributed by atoms with Gasteiger partial charge in [-0.15, -0.1) is 5.10 Å². The van der Waals surface area contributed by atoms with Crippen molar-refractivity contribution >= 4 is 35.5 Å². The molecule has 8 N–H and O–H groups in total. The molecule has 340 valence electrons. The summed E-state index contributed by atoms with van der Waals surface area (Å²) in [6.07, 6.45) is 6.51. The molecule has 2 atom stereocenters. The first-order chi connectivity index (χ1) is 29.4. The Labute approximate surface area is 356 Å². The molecular formula is C41H64N8O12. The van der Waals surface area contributed by atoms with Crippen LogP contribution in [-0.2, 0) is 46.3 Å². The lowest BCUT2D eigenvalue weighted by atomic mass is 10.1. The normalized spacial score (nSPS) is 11.9. The highest BCUT2D eigenvalue weighted by Crippen LogP contribution is 2.12. The van der Waals surface area contributed by atoms with Gasteiger partial charge in [0.25, 0.3) is 5.91 Å². The number of carboxylic acid groups (broad SMARTS) is 3. The Balaban J connectivity index is 1.50. The molecule has 1 aromatic carbocycles. The van der Waals surface area contributed by atoms with Gasteiger partial charge in [0, 0.05) is 62.9 Å².